The number of aromatic nitrogens is 2. The molecule has 2 aromatic heterocycles. The Bertz CT molecular complexity index is 1080. The highest BCUT2D eigenvalue weighted by Gasteiger charge is 2.20. The van der Waals surface area contributed by atoms with Crippen molar-refractivity contribution in [3.63, 3.8) is 0 Å². The van der Waals surface area contributed by atoms with Gasteiger partial charge in [0.05, 0.1) is 17.1 Å². The fraction of sp³-hybridized carbons (Fsp3) is 0.167. The molecule has 2 heterocycles. The molecule has 0 bridgehead atoms. The second-order valence-corrected chi connectivity index (χ2v) is 6.95. The van der Waals surface area contributed by atoms with Gasteiger partial charge < -0.3 is 0 Å². The molecule has 0 N–H and O–H groups in total. The minimum Gasteiger partial charge on any atom is -0.254 e. The molecule has 4 aromatic rings. The maximum absolute atomic E-state index is 5.11. The third-order valence-corrected chi connectivity index (χ3v) is 5.31. The monoisotopic (exact) mass is 336 g/mol. The quantitative estimate of drug-likeness (QED) is 0.459. The zero-order chi connectivity index (χ0) is 17.3. The summed E-state index contributed by atoms with van der Waals surface area (Å²) in [5.74, 6) is 0. The Balaban J connectivity index is 1.80. The van der Waals surface area contributed by atoms with Gasteiger partial charge in [-0.1, -0.05) is 54.6 Å². The van der Waals surface area contributed by atoms with Crippen molar-refractivity contribution in [3.05, 3.63) is 84.1 Å². The molecule has 0 saturated heterocycles. The van der Waals surface area contributed by atoms with Crippen LogP contribution >= 0.6 is 0 Å². The van der Waals surface area contributed by atoms with Crippen molar-refractivity contribution in [1.82, 2.24) is 9.97 Å². The Morgan fingerprint density at radius 1 is 0.731 bits per heavy atom. The molecule has 0 saturated carbocycles. The van der Waals surface area contributed by atoms with Crippen LogP contribution in [0.3, 0.4) is 0 Å². The number of benzene rings is 2. The molecule has 0 amide bonds. The highest BCUT2D eigenvalue weighted by Crippen LogP contribution is 2.35. The SMILES string of the molecule is c1ccc(-c2cc3c(c(-c4nccc5ccccc45)n2)CCCC3)cc1. The second kappa shape index (κ2) is 6.38. The van der Waals surface area contributed by atoms with Crippen LogP contribution in [-0.2, 0) is 12.8 Å². The largest absolute Gasteiger partial charge is 0.254 e. The zero-order valence-corrected chi connectivity index (χ0v) is 14.7. The van der Waals surface area contributed by atoms with Crippen molar-refractivity contribution < 1.29 is 0 Å². The molecule has 2 nitrogen and oxygen atoms in total. The molecule has 0 aliphatic heterocycles. The number of hydrogen-bond acceptors (Lipinski definition) is 2. The predicted molar refractivity (Wildman–Crippen MR) is 107 cm³/mol. The molecule has 0 atom stereocenters. The topological polar surface area (TPSA) is 25.8 Å². The molecule has 0 unspecified atom stereocenters. The molecule has 1 aliphatic rings. The summed E-state index contributed by atoms with van der Waals surface area (Å²) in [6.45, 7) is 0. The van der Waals surface area contributed by atoms with E-state index in [1.807, 2.05) is 6.20 Å². The van der Waals surface area contributed by atoms with Crippen molar-refractivity contribution >= 4 is 10.8 Å². The van der Waals surface area contributed by atoms with E-state index >= 15 is 0 Å². The third kappa shape index (κ3) is 2.59. The van der Waals surface area contributed by atoms with Crippen molar-refractivity contribution in [2.45, 2.75) is 25.7 Å². The molecular formula is C24H20N2. The Kier molecular flexibility index (Phi) is 3.75. The first kappa shape index (κ1) is 15.3. The van der Waals surface area contributed by atoms with Crippen LogP contribution in [0.4, 0.5) is 0 Å². The Morgan fingerprint density at radius 2 is 1.54 bits per heavy atom. The summed E-state index contributed by atoms with van der Waals surface area (Å²) in [4.78, 5) is 9.87. The van der Waals surface area contributed by atoms with Gasteiger partial charge in [0, 0.05) is 17.1 Å². The number of pyridine rings is 2. The molecule has 5 rings (SSSR count). The number of hydrogen-bond donors (Lipinski definition) is 0. The highest BCUT2D eigenvalue weighted by molar-refractivity contribution is 5.94. The lowest BCUT2D eigenvalue weighted by molar-refractivity contribution is 0.684. The van der Waals surface area contributed by atoms with E-state index in [0.717, 1.165) is 29.9 Å². The molecule has 26 heavy (non-hydrogen) atoms. The lowest BCUT2D eigenvalue weighted by Crippen LogP contribution is -2.08. The lowest BCUT2D eigenvalue weighted by Gasteiger charge is -2.21. The summed E-state index contributed by atoms with van der Waals surface area (Å²) in [5.41, 5.74) is 7.13. The summed E-state index contributed by atoms with van der Waals surface area (Å²) in [6.07, 6.45) is 6.63. The summed E-state index contributed by atoms with van der Waals surface area (Å²) >= 11 is 0. The first-order chi connectivity index (χ1) is 12.9. The summed E-state index contributed by atoms with van der Waals surface area (Å²) in [6, 6.07) is 23.3. The fourth-order valence-corrected chi connectivity index (χ4v) is 4.00. The normalized spacial score (nSPS) is 13.5. The number of nitrogens with zero attached hydrogens (tertiary/aromatic N) is 2. The molecule has 1 aliphatic carbocycles. The van der Waals surface area contributed by atoms with E-state index in [-0.39, 0.29) is 0 Å². The van der Waals surface area contributed by atoms with Gasteiger partial charge in [-0.3, -0.25) is 4.98 Å². The molecule has 0 fully saturated rings. The summed E-state index contributed by atoms with van der Waals surface area (Å²) in [5, 5.41) is 2.40. The van der Waals surface area contributed by atoms with E-state index < -0.39 is 0 Å². The van der Waals surface area contributed by atoms with Crippen molar-refractivity contribution in [2.75, 3.05) is 0 Å². The minimum atomic E-state index is 1.01. The fourth-order valence-electron chi connectivity index (χ4n) is 4.00. The van der Waals surface area contributed by atoms with Gasteiger partial charge in [0.2, 0.25) is 0 Å². The second-order valence-electron chi connectivity index (χ2n) is 6.95. The van der Waals surface area contributed by atoms with Crippen LogP contribution < -0.4 is 0 Å². The van der Waals surface area contributed by atoms with Crippen molar-refractivity contribution in [1.29, 1.82) is 0 Å². The van der Waals surface area contributed by atoms with E-state index in [2.05, 4.69) is 66.7 Å². The molecule has 0 radical (unpaired) electrons. The molecular weight excluding hydrogens is 316 g/mol. The lowest BCUT2D eigenvalue weighted by atomic mass is 9.88. The third-order valence-electron chi connectivity index (χ3n) is 5.31. The van der Waals surface area contributed by atoms with E-state index in [4.69, 9.17) is 9.97 Å². The molecule has 0 spiro atoms. The average molecular weight is 336 g/mol. The smallest absolute Gasteiger partial charge is 0.0967 e. The minimum absolute atomic E-state index is 1.01. The van der Waals surface area contributed by atoms with E-state index in [9.17, 15) is 0 Å². The van der Waals surface area contributed by atoms with Crippen LogP contribution in [0, 0.1) is 0 Å². The van der Waals surface area contributed by atoms with Crippen LogP contribution in [0.1, 0.15) is 24.0 Å². The Labute approximate surface area is 153 Å². The first-order valence-corrected chi connectivity index (χ1v) is 9.32. The van der Waals surface area contributed by atoms with Crippen LogP contribution in [-0.4, -0.2) is 9.97 Å². The van der Waals surface area contributed by atoms with Crippen molar-refractivity contribution in [3.8, 4) is 22.6 Å². The standard InChI is InChI=1S/C24H20N2/c1-2-9-18(10-3-1)22-16-19-11-5-7-13-21(19)24(26-22)23-20-12-6-4-8-17(20)14-15-25-23/h1-4,6,8-10,12,14-16H,5,7,11,13H2. The predicted octanol–water partition coefficient (Wildman–Crippen LogP) is 5.84. The van der Waals surface area contributed by atoms with E-state index in [0.29, 0.717) is 0 Å². The van der Waals surface area contributed by atoms with Crippen LogP contribution in [0.2, 0.25) is 0 Å². The Hall–Kier alpha value is -3.00. The number of rotatable bonds is 2. The van der Waals surface area contributed by atoms with E-state index in [1.165, 1.54) is 40.3 Å². The van der Waals surface area contributed by atoms with Gasteiger partial charge >= 0.3 is 0 Å². The highest BCUT2D eigenvalue weighted by atomic mass is 14.8. The first-order valence-electron chi connectivity index (χ1n) is 9.32. The van der Waals surface area contributed by atoms with Crippen LogP contribution in [0.15, 0.2) is 72.9 Å². The molecule has 2 aromatic carbocycles. The number of aryl methyl sites for hydroxylation is 1. The summed E-state index contributed by atoms with van der Waals surface area (Å²) in [7, 11) is 0. The summed E-state index contributed by atoms with van der Waals surface area (Å²) < 4.78 is 0. The van der Waals surface area contributed by atoms with Gasteiger partial charge in [-0.15, -0.1) is 0 Å². The van der Waals surface area contributed by atoms with Gasteiger partial charge in [0.1, 0.15) is 0 Å². The van der Waals surface area contributed by atoms with Gasteiger partial charge in [0.15, 0.2) is 0 Å². The van der Waals surface area contributed by atoms with Crippen molar-refractivity contribution in [2.24, 2.45) is 0 Å². The molecule has 2 heteroatoms. The Morgan fingerprint density at radius 3 is 2.46 bits per heavy atom. The zero-order valence-electron chi connectivity index (χ0n) is 14.7. The molecule has 126 valence electrons. The maximum atomic E-state index is 5.11. The number of fused-ring (bicyclic) bond motifs is 2. The van der Waals surface area contributed by atoms with Gasteiger partial charge in [0.25, 0.3) is 0 Å². The van der Waals surface area contributed by atoms with Gasteiger partial charge in [-0.05, 0) is 54.3 Å². The van der Waals surface area contributed by atoms with Crippen LogP contribution in [0.5, 0.6) is 0 Å². The van der Waals surface area contributed by atoms with Crippen LogP contribution in [0.25, 0.3) is 33.4 Å². The maximum Gasteiger partial charge on any atom is 0.0967 e. The average Bonchev–Trinajstić information content (AvgIpc) is 2.73. The van der Waals surface area contributed by atoms with Gasteiger partial charge in [-0.2, -0.15) is 0 Å². The van der Waals surface area contributed by atoms with Gasteiger partial charge in [-0.25, -0.2) is 4.98 Å². The van der Waals surface area contributed by atoms with E-state index in [1.54, 1.807) is 0 Å².